The third-order valence-electron chi connectivity index (χ3n) is 3.24. The summed E-state index contributed by atoms with van der Waals surface area (Å²) in [5.41, 5.74) is 2.47. The first-order valence-corrected chi connectivity index (χ1v) is 7.33. The van der Waals surface area contributed by atoms with Crippen molar-refractivity contribution in [3.8, 4) is 0 Å². The van der Waals surface area contributed by atoms with Crippen molar-refractivity contribution < 1.29 is 9.59 Å². The summed E-state index contributed by atoms with van der Waals surface area (Å²) in [6.07, 6.45) is 2.28. The average molecular weight is 312 g/mol. The zero-order valence-corrected chi connectivity index (χ0v) is 13.2. The number of hydrogen-bond donors (Lipinski definition) is 2. The van der Waals surface area contributed by atoms with Crippen molar-refractivity contribution in [2.24, 2.45) is 0 Å². The molecular formula is C17H20N4O2. The number of carbonyl (C=O) groups excluding carboxylic acids is 2. The van der Waals surface area contributed by atoms with Gasteiger partial charge in [-0.05, 0) is 36.4 Å². The number of aromatic nitrogens is 1. The quantitative estimate of drug-likeness (QED) is 0.820. The Balaban J connectivity index is 1.79. The Kier molecular flexibility index (Phi) is 5.68. The fraction of sp³-hybridized carbons (Fsp3) is 0.235. The molecule has 6 heteroatoms. The zero-order chi connectivity index (χ0) is 16.7. The van der Waals surface area contributed by atoms with Gasteiger partial charge in [0.2, 0.25) is 0 Å². The summed E-state index contributed by atoms with van der Waals surface area (Å²) in [7, 11) is 3.87. The fourth-order valence-corrected chi connectivity index (χ4v) is 1.96. The number of carbonyl (C=O) groups is 2. The molecule has 0 unspecified atom stereocenters. The van der Waals surface area contributed by atoms with Crippen LogP contribution in [0.3, 0.4) is 0 Å². The van der Waals surface area contributed by atoms with E-state index in [2.05, 4.69) is 15.6 Å². The Morgan fingerprint density at radius 1 is 1.04 bits per heavy atom. The molecule has 0 saturated carbocycles. The van der Waals surface area contributed by atoms with E-state index in [9.17, 15) is 9.59 Å². The van der Waals surface area contributed by atoms with Crippen molar-refractivity contribution in [3.63, 3.8) is 0 Å². The van der Waals surface area contributed by atoms with Gasteiger partial charge in [0.1, 0.15) is 0 Å². The molecule has 23 heavy (non-hydrogen) atoms. The first-order valence-electron chi connectivity index (χ1n) is 7.33. The SMILES string of the molecule is CN(C)c1ccc(NC(=O)C(=O)NCCc2ccccn2)cc1. The summed E-state index contributed by atoms with van der Waals surface area (Å²) in [6, 6.07) is 12.8. The minimum absolute atomic E-state index is 0.364. The molecule has 1 aromatic carbocycles. The van der Waals surface area contributed by atoms with Gasteiger partial charge in [-0.3, -0.25) is 14.6 Å². The van der Waals surface area contributed by atoms with E-state index in [1.165, 1.54) is 0 Å². The Bertz CT molecular complexity index is 654. The Morgan fingerprint density at radius 3 is 2.39 bits per heavy atom. The van der Waals surface area contributed by atoms with E-state index in [4.69, 9.17) is 0 Å². The van der Waals surface area contributed by atoms with Crippen LogP contribution in [0.15, 0.2) is 48.7 Å². The highest BCUT2D eigenvalue weighted by Crippen LogP contribution is 2.15. The van der Waals surface area contributed by atoms with Gasteiger partial charge < -0.3 is 15.5 Å². The molecule has 0 radical (unpaired) electrons. The second-order valence-electron chi connectivity index (χ2n) is 5.22. The minimum atomic E-state index is -0.677. The highest BCUT2D eigenvalue weighted by Gasteiger charge is 2.13. The van der Waals surface area contributed by atoms with Crippen LogP contribution in [0.2, 0.25) is 0 Å². The van der Waals surface area contributed by atoms with Crippen molar-refractivity contribution in [1.82, 2.24) is 10.3 Å². The van der Waals surface area contributed by atoms with Crippen LogP contribution in [-0.2, 0) is 16.0 Å². The first kappa shape index (κ1) is 16.5. The van der Waals surface area contributed by atoms with E-state index in [1.807, 2.05) is 49.3 Å². The lowest BCUT2D eigenvalue weighted by Gasteiger charge is -2.13. The third kappa shape index (κ3) is 5.10. The molecule has 6 nitrogen and oxygen atoms in total. The number of hydrogen-bond acceptors (Lipinski definition) is 4. The summed E-state index contributed by atoms with van der Waals surface area (Å²) >= 11 is 0. The van der Waals surface area contributed by atoms with Gasteiger partial charge in [0.15, 0.2) is 0 Å². The number of rotatable bonds is 5. The summed E-state index contributed by atoms with van der Waals surface area (Å²) < 4.78 is 0. The van der Waals surface area contributed by atoms with Gasteiger partial charge in [0.05, 0.1) is 0 Å². The number of nitrogens with one attached hydrogen (secondary N) is 2. The molecule has 2 rings (SSSR count). The predicted octanol–water partition coefficient (Wildman–Crippen LogP) is 1.44. The van der Waals surface area contributed by atoms with Gasteiger partial charge in [-0.2, -0.15) is 0 Å². The number of pyridine rings is 1. The molecule has 1 aromatic heterocycles. The predicted molar refractivity (Wildman–Crippen MR) is 90.3 cm³/mol. The highest BCUT2D eigenvalue weighted by atomic mass is 16.2. The number of nitrogens with zero attached hydrogens (tertiary/aromatic N) is 2. The molecule has 1 heterocycles. The van der Waals surface area contributed by atoms with Crippen LogP contribution in [0, 0.1) is 0 Å². The van der Waals surface area contributed by atoms with Crippen LogP contribution in [0.25, 0.3) is 0 Å². The molecule has 0 atom stereocenters. The minimum Gasteiger partial charge on any atom is -0.378 e. The second-order valence-corrected chi connectivity index (χ2v) is 5.22. The van der Waals surface area contributed by atoms with Crippen molar-refractivity contribution in [2.75, 3.05) is 30.9 Å². The molecule has 0 spiro atoms. The van der Waals surface area contributed by atoms with Crippen molar-refractivity contribution in [2.45, 2.75) is 6.42 Å². The van der Waals surface area contributed by atoms with Gasteiger partial charge in [-0.15, -0.1) is 0 Å². The number of anilines is 2. The molecule has 0 bridgehead atoms. The molecule has 0 aliphatic carbocycles. The smallest absolute Gasteiger partial charge is 0.313 e. The molecule has 0 aliphatic heterocycles. The maximum atomic E-state index is 11.8. The summed E-state index contributed by atoms with van der Waals surface area (Å²) in [5.74, 6) is -1.33. The monoisotopic (exact) mass is 312 g/mol. The standard InChI is InChI=1S/C17H20N4O2/c1-21(2)15-8-6-14(7-9-15)20-17(23)16(22)19-12-10-13-5-3-4-11-18-13/h3-9,11H,10,12H2,1-2H3,(H,19,22)(H,20,23). The Labute approximate surface area is 135 Å². The largest absolute Gasteiger partial charge is 0.378 e. The maximum absolute atomic E-state index is 11.8. The highest BCUT2D eigenvalue weighted by molar-refractivity contribution is 6.39. The molecule has 120 valence electrons. The van der Waals surface area contributed by atoms with Gasteiger partial charge in [0, 0.05) is 50.3 Å². The van der Waals surface area contributed by atoms with Crippen molar-refractivity contribution in [1.29, 1.82) is 0 Å². The summed E-state index contributed by atoms with van der Waals surface area (Å²) in [4.78, 5) is 29.7. The molecular weight excluding hydrogens is 292 g/mol. The normalized spacial score (nSPS) is 10.0. The van der Waals surface area contributed by atoms with Crippen LogP contribution >= 0.6 is 0 Å². The van der Waals surface area contributed by atoms with E-state index in [0.29, 0.717) is 18.7 Å². The molecule has 0 saturated heterocycles. The van der Waals surface area contributed by atoms with Crippen molar-refractivity contribution >= 4 is 23.2 Å². The molecule has 0 aliphatic rings. The lowest BCUT2D eigenvalue weighted by atomic mass is 10.2. The van der Waals surface area contributed by atoms with Crippen LogP contribution in [0.1, 0.15) is 5.69 Å². The van der Waals surface area contributed by atoms with Crippen LogP contribution in [0.4, 0.5) is 11.4 Å². The second kappa shape index (κ2) is 7.93. The zero-order valence-electron chi connectivity index (χ0n) is 13.2. The molecule has 0 fully saturated rings. The topological polar surface area (TPSA) is 74.3 Å². The lowest BCUT2D eigenvalue weighted by Crippen LogP contribution is -2.36. The van der Waals surface area contributed by atoms with E-state index in [0.717, 1.165) is 11.4 Å². The lowest BCUT2D eigenvalue weighted by molar-refractivity contribution is -0.136. The van der Waals surface area contributed by atoms with E-state index in [1.54, 1.807) is 18.3 Å². The van der Waals surface area contributed by atoms with Gasteiger partial charge in [-0.1, -0.05) is 6.07 Å². The van der Waals surface area contributed by atoms with Gasteiger partial charge >= 0.3 is 11.8 Å². The van der Waals surface area contributed by atoms with Crippen LogP contribution in [0.5, 0.6) is 0 Å². The van der Waals surface area contributed by atoms with Gasteiger partial charge in [-0.25, -0.2) is 0 Å². The van der Waals surface area contributed by atoms with Gasteiger partial charge in [0.25, 0.3) is 0 Å². The van der Waals surface area contributed by atoms with E-state index >= 15 is 0 Å². The van der Waals surface area contributed by atoms with E-state index < -0.39 is 11.8 Å². The molecule has 2 amide bonds. The Morgan fingerprint density at radius 2 is 1.78 bits per heavy atom. The number of benzene rings is 1. The average Bonchev–Trinajstić information content (AvgIpc) is 2.56. The number of amides is 2. The van der Waals surface area contributed by atoms with Crippen LogP contribution < -0.4 is 15.5 Å². The summed E-state index contributed by atoms with van der Waals surface area (Å²) in [5, 5.41) is 5.15. The van der Waals surface area contributed by atoms with Crippen LogP contribution in [-0.4, -0.2) is 37.4 Å². The van der Waals surface area contributed by atoms with E-state index in [-0.39, 0.29) is 0 Å². The fourth-order valence-electron chi connectivity index (χ4n) is 1.96. The summed E-state index contributed by atoms with van der Waals surface area (Å²) in [6.45, 7) is 0.364. The Hall–Kier alpha value is -2.89. The molecule has 2 N–H and O–H groups in total. The maximum Gasteiger partial charge on any atom is 0.313 e. The third-order valence-corrected chi connectivity index (χ3v) is 3.24. The van der Waals surface area contributed by atoms with Crippen molar-refractivity contribution in [3.05, 3.63) is 54.4 Å². The molecule has 2 aromatic rings. The first-order chi connectivity index (χ1) is 11.1.